The Bertz CT molecular complexity index is 605. The van der Waals surface area contributed by atoms with Gasteiger partial charge in [0.05, 0.1) is 19.8 Å². The van der Waals surface area contributed by atoms with Crippen molar-refractivity contribution in [3.8, 4) is 0 Å². The Morgan fingerprint density at radius 1 is 1.26 bits per heavy atom. The van der Waals surface area contributed by atoms with E-state index in [9.17, 15) is 0 Å². The third-order valence-electron chi connectivity index (χ3n) is 4.64. The first-order valence-electron chi connectivity index (χ1n) is 8.03. The second-order valence-electron chi connectivity index (χ2n) is 6.44. The van der Waals surface area contributed by atoms with Gasteiger partial charge >= 0.3 is 0 Å². The largest absolute Gasteiger partial charge is 0.379 e. The van der Waals surface area contributed by atoms with Gasteiger partial charge in [-0.25, -0.2) is 4.98 Å². The third kappa shape index (κ3) is 3.55. The highest BCUT2D eigenvalue weighted by atomic mass is 32.1. The zero-order chi connectivity index (χ0) is 15.5. The van der Waals surface area contributed by atoms with Crippen LogP contribution in [0, 0.1) is 5.41 Å². The molecule has 23 heavy (non-hydrogen) atoms. The second kappa shape index (κ2) is 6.80. The summed E-state index contributed by atoms with van der Waals surface area (Å²) in [5.41, 5.74) is 2.00. The van der Waals surface area contributed by atoms with Crippen molar-refractivity contribution in [3.63, 3.8) is 0 Å². The molecule has 2 saturated heterocycles. The molecule has 2 aromatic rings. The molecule has 0 saturated carbocycles. The van der Waals surface area contributed by atoms with Crippen molar-refractivity contribution in [1.82, 2.24) is 20.1 Å². The highest BCUT2D eigenvalue weighted by Crippen LogP contribution is 2.35. The number of rotatable bonds is 3. The lowest BCUT2D eigenvalue weighted by Crippen LogP contribution is -2.50. The number of hydrogen-bond donors (Lipinski definition) is 0. The molecule has 2 aliphatic heterocycles. The van der Waals surface area contributed by atoms with E-state index < -0.39 is 0 Å². The van der Waals surface area contributed by atoms with Crippen LogP contribution in [0.5, 0.6) is 0 Å². The minimum absolute atomic E-state index is 0.192. The highest BCUT2D eigenvalue weighted by molar-refractivity contribution is 7.13. The number of aromatic nitrogens is 3. The van der Waals surface area contributed by atoms with Gasteiger partial charge < -0.3 is 9.64 Å². The average molecular weight is 352 g/mol. The van der Waals surface area contributed by atoms with Gasteiger partial charge in [0.2, 0.25) is 5.13 Å². The highest BCUT2D eigenvalue weighted by Gasteiger charge is 2.39. The van der Waals surface area contributed by atoms with Gasteiger partial charge in [-0.3, -0.25) is 4.90 Å². The molecule has 0 aromatic carbocycles. The summed E-state index contributed by atoms with van der Waals surface area (Å²) in [4.78, 5) is 9.33. The maximum atomic E-state index is 5.97. The summed E-state index contributed by atoms with van der Waals surface area (Å²) in [6.07, 6.45) is 4.33. The van der Waals surface area contributed by atoms with Crippen LogP contribution in [0.3, 0.4) is 0 Å². The Hall–Kier alpha value is -1.09. The van der Waals surface area contributed by atoms with Gasteiger partial charge in [0.1, 0.15) is 10.5 Å². The van der Waals surface area contributed by atoms with Gasteiger partial charge in [0.15, 0.2) is 0 Å². The molecule has 0 bridgehead atoms. The van der Waals surface area contributed by atoms with Crippen LogP contribution in [0.15, 0.2) is 17.1 Å². The average Bonchev–Trinajstić information content (AvgIpc) is 3.22. The lowest BCUT2D eigenvalue weighted by atomic mass is 9.80. The normalized spacial score (nSPS) is 26.5. The lowest BCUT2D eigenvalue weighted by Gasteiger charge is -2.43. The van der Waals surface area contributed by atoms with Crippen molar-refractivity contribution in [2.75, 3.05) is 44.3 Å². The van der Waals surface area contributed by atoms with Crippen molar-refractivity contribution in [2.24, 2.45) is 5.41 Å². The van der Waals surface area contributed by atoms with Crippen LogP contribution in [-0.2, 0) is 11.3 Å². The molecule has 2 aliphatic rings. The first kappa shape index (κ1) is 15.4. The Morgan fingerprint density at radius 3 is 3.09 bits per heavy atom. The molecule has 1 atom stereocenters. The van der Waals surface area contributed by atoms with Crippen LogP contribution in [0.1, 0.15) is 17.8 Å². The summed E-state index contributed by atoms with van der Waals surface area (Å²) in [5, 5.41) is 12.5. The first-order chi connectivity index (χ1) is 11.3. The standard InChI is InChI=1S/C15H21N5OS2/c1-2-15(9-19(4-1)8-13-16-3-7-22-13)10-20(5-6-21-11-15)14-18-17-12-23-14/h3,7,12H,1-2,4-6,8-11H2/t15-/m0/s1. The molecule has 8 heteroatoms. The molecular formula is C15H21N5OS2. The second-order valence-corrected chi connectivity index (χ2v) is 8.23. The SMILES string of the molecule is c1csc(CN2CCC[C@]3(COCCN(c4nncs4)C3)C2)n1. The maximum Gasteiger partial charge on any atom is 0.208 e. The molecule has 2 aromatic heterocycles. The van der Waals surface area contributed by atoms with Crippen LogP contribution >= 0.6 is 22.7 Å². The van der Waals surface area contributed by atoms with E-state index in [0.717, 1.165) is 51.1 Å². The topological polar surface area (TPSA) is 54.4 Å². The third-order valence-corrected chi connectivity index (χ3v) is 6.16. The summed E-state index contributed by atoms with van der Waals surface area (Å²) in [6.45, 7) is 6.71. The molecule has 0 radical (unpaired) electrons. The van der Waals surface area contributed by atoms with Crippen LogP contribution in [0.4, 0.5) is 5.13 Å². The number of piperidine rings is 1. The Morgan fingerprint density at radius 2 is 2.26 bits per heavy atom. The van der Waals surface area contributed by atoms with Gasteiger partial charge in [-0.1, -0.05) is 11.3 Å². The van der Waals surface area contributed by atoms with Crippen LogP contribution in [0.2, 0.25) is 0 Å². The smallest absolute Gasteiger partial charge is 0.208 e. The van der Waals surface area contributed by atoms with E-state index in [1.807, 2.05) is 11.7 Å². The summed E-state index contributed by atoms with van der Waals surface area (Å²) >= 11 is 3.36. The molecule has 4 heterocycles. The van der Waals surface area contributed by atoms with Gasteiger partial charge in [0, 0.05) is 36.6 Å². The fourth-order valence-electron chi connectivity index (χ4n) is 3.68. The summed E-state index contributed by atoms with van der Waals surface area (Å²) < 4.78 is 5.97. The van der Waals surface area contributed by atoms with Crippen molar-refractivity contribution < 1.29 is 4.74 Å². The monoisotopic (exact) mass is 351 g/mol. The molecule has 4 rings (SSSR count). The van der Waals surface area contributed by atoms with Crippen LogP contribution in [-0.4, -0.2) is 59.5 Å². The van der Waals surface area contributed by atoms with Crippen LogP contribution in [0.25, 0.3) is 0 Å². The van der Waals surface area contributed by atoms with E-state index >= 15 is 0 Å². The molecular weight excluding hydrogens is 330 g/mol. The predicted octanol–water partition coefficient (Wildman–Crippen LogP) is 2.11. The van der Waals surface area contributed by atoms with E-state index in [-0.39, 0.29) is 5.41 Å². The molecule has 1 spiro atoms. The number of hydrogen-bond acceptors (Lipinski definition) is 8. The number of likely N-dealkylation sites (tertiary alicyclic amines) is 1. The zero-order valence-corrected chi connectivity index (χ0v) is 14.7. The van der Waals surface area contributed by atoms with Crippen molar-refractivity contribution >= 4 is 27.8 Å². The molecule has 0 aliphatic carbocycles. The summed E-state index contributed by atoms with van der Waals surface area (Å²) in [7, 11) is 0. The van der Waals surface area contributed by atoms with Gasteiger partial charge in [-0.2, -0.15) is 0 Å². The van der Waals surface area contributed by atoms with E-state index in [1.54, 1.807) is 22.7 Å². The molecule has 0 amide bonds. The molecule has 0 unspecified atom stereocenters. The molecule has 124 valence electrons. The molecule has 2 fully saturated rings. The maximum absolute atomic E-state index is 5.97. The van der Waals surface area contributed by atoms with Crippen LogP contribution < -0.4 is 4.90 Å². The van der Waals surface area contributed by atoms with E-state index in [4.69, 9.17) is 4.74 Å². The van der Waals surface area contributed by atoms with Crippen molar-refractivity contribution in [1.29, 1.82) is 0 Å². The number of ether oxygens (including phenoxy) is 1. The Kier molecular flexibility index (Phi) is 4.57. The Balaban J connectivity index is 1.48. The number of nitrogens with zero attached hydrogens (tertiary/aromatic N) is 5. The minimum atomic E-state index is 0.192. The van der Waals surface area contributed by atoms with Gasteiger partial charge in [0.25, 0.3) is 0 Å². The van der Waals surface area contributed by atoms with Gasteiger partial charge in [-0.15, -0.1) is 21.5 Å². The Labute approximate surface area is 144 Å². The molecule has 0 N–H and O–H groups in total. The predicted molar refractivity (Wildman–Crippen MR) is 92.0 cm³/mol. The summed E-state index contributed by atoms with van der Waals surface area (Å²) in [5.74, 6) is 0. The fraction of sp³-hybridized carbons (Fsp3) is 0.667. The van der Waals surface area contributed by atoms with E-state index in [1.165, 1.54) is 17.8 Å². The minimum Gasteiger partial charge on any atom is -0.379 e. The summed E-state index contributed by atoms with van der Waals surface area (Å²) in [6, 6.07) is 0. The van der Waals surface area contributed by atoms with Crippen molar-refractivity contribution in [2.45, 2.75) is 19.4 Å². The quantitative estimate of drug-likeness (QED) is 0.844. The molecule has 6 nitrogen and oxygen atoms in total. The first-order valence-corrected chi connectivity index (χ1v) is 9.79. The number of thiazole rings is 1. The van der Waals surface area contributed by atoms with Gasteiger partial charge in [-0.05, 0) is 19.4 Å². The zero-order valence-electron chi connectivity index (χ0n) is 13.1. The van der Waals surface area contributed by atoms with Crippen molar-refractivity contribution in [3.05, 3.63) is 22.1 Å². The van der Waals surface area contributed by atoms with E-state index in [2.05, 4.69) is 30.4 Å². The fourth-order valence-corrected chi connectivity index (χ4v) is 4.92. The van der Waals surface area contributed by atoms with E-state index in [0.29, 0.717) is 0 Å². The number of anilines is 1. The lowest BCUT2D eigenvalue weighted by molar-refractivity contribution is 0.0106.